The summed E-state index contributed by atoms with van der Waals surface area (Å²) in [6, 6.07) is 3.45. The molecule has 0 bridgehead atoms. The highest BCUT2D eigenvalue weighted by Crippen LogP contribution is 2.39. The zero-order valence-corrected chi connectivity index (χ0v) is 19.4. The number of carbonyl (C=O) groups excluding carboxylic acids is 2. The molecule has 2 aromatic rings. The molecule has 1 aromatic carbocycles. The number of fused-ring (bicyclic) bond motifs is 3. The minimum Gasteiger partial charge on any atom is -0.466 e. The molecule has 7 nitrogen and oxygen atoms in total. The summed E-state index contributed by atoms with van der Waals surface area (Å²) < 4.78 is 33.5. The van der Waals surface area contributed by atoms with Gasteiger partial charge in [0.1, 0.15) is 0 Å². The number of esters is 1. The van der Waals surface area contributed by atoms with Crippen molar-refractivity contribution in [3.8, 4) is 0 Å². The average molecular weight is 447 g/mol. The molecule has 1 saturated heterocycles. The molecule has 8 heteroatoms. The van der Waals surface area contributed by atoms with Gasteiger partial charge in [-0.15, -0.1) is 0 Å². The molecule has 1 fully saturated rings. The number of aromatic amines is 1. The standard InChI is InChI=1S/C23H30N2O5S/c1-5-30-22(27)15-7-6-8-25(13-15)31(28,29)20-10-17-16(9-14(20)2)21-18(24-17)11-23(3,4)12-19(21)26/h9-10,15,24H,5-8,11-13H2,1-4H3. The summed E-state index contributed by atoms with van der Waals surface area (Å²) in [4.78, 5) is 28.5. The van der Waals surface area contributed by atoms with Crippen LogP contribution in [0.2, 0.25) is 0 Å². The average Bonchev–Trinajstić information content (AvgIpc) is 3.03. The Morgan fingerprint density at radius 2 is 2.03 bits per heavy atom. The fraction of sp³-hybridized carbons (Fsp3) is 0.565. The quantitative estimate of drug-likeness (QED) is 0.724. The number of sulfonamides is 1. The fourth-order valence-corrected chi connectivity index (χ4v) is 6.69. The molecule has 1 atom stereocenters. The van der Waals surface area contributed by atoms with Crippen LogP contribution in [-0.2, 0) is 26.0 Å². The first-order chi connectivity index (χ1) is 14.5. The van der Waals surface area contributed by atoms with E-state index in [0.717, 1.165) is 17.5 Å². The van der Waals surface area contributed by atoms with E-state index in [4.69, 9.17) is 4.74 Å². The van der Waals surface area contributed by atoms with E-state index in [9.17, 15) is 18.0 Å². The van der Waals surface area contributed by atoms with Crippen LogP contribution in [0.15, 0.2) is 17.0 Å². The highest BCUT2D eigenvalue weighted by Gasteiger charge is 2.37. The van der Waals surface area contributed by atoms with E-state index in [1.165, 1.54) is 4.31 Å². The Morgan fingerprint density at radius 1 is 1.29 bits per heavy atom. The Hall–Kier alpha value is -2.19. The molecule has 2 heterocycles. The number of hydrogen-bond acceptors (Lipinski definition) is 5. The zero-order valence-electron chi connectivity index (χ0n) is 18.6. The fourth-order valence-electron chi connectivity index (χ4n) is 4.93. The van der Waals surface area contributed by atoms with Gasteiger partial charge in [-0.3, -0.25) is 9.59 Å². The number of hydrogen-bond donors (Lipinski definition) is 1. The van der Waals surface area contributed by atoms with Crippen LogP contribution < -0.4 is 0 Å². The number of rotatable bonds is 4. The van der Waals surface area contributed by atoms with Crippen molar-refractivity contribution in [2.24, 2.45) is 11.3 Å². The van der Waals surface area contributed by atoms with Gasteiger partial charge in [-0.2, -0.15) is 4.31 Å². The van der Waals surface area contributed by atoms with Gasteiger partial charge in [-0.25, -0.2) is 8.42 Å². The second-order valence-electron chi connectivity index (χ2n) is 9.54. The number of ether oxygens (including phenoxy) is 1. The summed E-state index contributed by atoms with van der Waals surface area (Å²) in [6.07, 6.45) is 2.47. The van der Waals surface area contributed by atoms with Crippen molar-refractivity contribution in [1.29, 1.82) is 0 Å². The van der Waals surface area contributed by atoms with Crippen molar-refractivity contribution >= 4 is 32.7 Å². The molecule has 1 N–H and O–H groups in total. The van der Waals surface area contributed by atoms with Gasteiger partial charge in [0.25, 0.3) is 0 Å². The third-order valence-electron chi connectivity index (χ3n) is 6.37. The van der Waals surface area contributed by atoms with Crippen molar-refractivity contribution < 1.29 is 22.7 Å². The van der Waals surface area contributed by atoms with E-state index >= 15 is 0 Å². The van der Waals surface area contributed by atoms with Crippen LogP contribution in [0, 0.1) is 18.3 Å². The van der Waals surface area contributed by atoms with Crippen molar-refractivity contribution in [2.75, 3.05) is 19.7 Å². The molecule has 0 saturated carbocycles. The van der Waals surface area contributed by atoms with Crippen molar-refractivity contribution in [2.45, 2.75) is 58.3 Å². The second-order valence-corrected chi connectivity index (χ2v) is 11.4. The van der Waals surface area contributed by atoms with Crippen LogP contribution >= 0.6 is 0 Å². The van der Waals surface area contributed by atoms with Crippen LogP contribution in [0.1, 0.15) is 61.6 Å². The van der Waals surface area contributed by atoms with Crippen LogP contribution in [0.3, 0.4) is 0 Å². The number of nitrogens with zero attached hydrogens (tertiary/aromatic N) is 1. The van der Waals surface area contributed by atoms with Crippen LogP contribution in [0.25, 0.3) is 10.9 Å². The summed E-state index contributed by atoms with van der Waals surface area (Å²) in [7, 11) is -3.78. The SMILES string of the molecule is CCOC(=O)C1CCCN(S(=O)(=O)c2cc3[nH]c4c(c3cc2C)C(=O)CC(C)(C)C4)C1. The maximum absolute atomic E-state index is 13.5. The lowest BCUT2D eigenvalue weighted by Gasteiger charge is -2.31. The second kappa shape index (κ2) is 7.74. The molecule has 4 rings (SSSR count). The lowest BCUT2D eigenvalue weighted by molar-refractivity contribution is -0.149. The molecule has 2 aliphatic rings. The van der Waals surface area contributed by atoms with Gasteiger partial charge in [0.15, 0.2) is 5.78 Å². The number of aryl methyl sites for hydroxylation is 1. The topological polar surface area (TPSA) is 96.5 Å². The van der Waals surface area contributed by atoms with Crippen LogP contribution in [-0.4, -0.2) is 49.2 Å². The summed E-state index contributed by atoms with van der Waals surface area (Å²) in [5.41, 5.74) is 2.72. The molecule has 168 valence electrons. The highest BCUT2D eigenvalue weighted by atomic mass is 32.2. The minimum absolute atomic E-state index is 0.0980. The molecule has 0 radical (unpaired) electrons. The molecule has 1 unspecified atom stereocenters. The molecular weight excluding hydrogens is 416 g/mol. The molecule has 31 heavy (non-hydrogen) atoms. The third kappa shape index (κ3) is 3.91. The monoisotopic (exact) mass is 446 g/mol. The Labute approximate surface area is 183 Å². The van der Waals surface area contributed by atoms with E-state index < -0.39 is 15.9 Å². The third-order valence-corrected chi connectivity index (χ3v) is 8.37. The number of nitrogens with one attached hydrogen (secondary N) is 1. The lowest BCUT2D eigenvalue weighted by Crippen LogP contribution is -2.42. The molecule has 1 aromatic heterocycles. The van der Waals surface area contributed by atoms with Gasteiger partial charge in [-0.05, 0) is 56.2 Å². The Kier molecular flexibility index (Phi) is 5.50. The van der Waals surface area contributed by atoms with Gasteiger partial charge in [0.2, 0.25) is 10.0 Å². The van der Waals surface area contributed by atoms with E-state index in [-0.39, 0.29) is 35.2 Å². The molecule has 1 aliphatic heterocycles. The highest BCUT2D eigenvalue weighted by molar-refractivity contribution is 7.89. The van der Waals surface area contributed by atoms with Gasteiger partial charge in [-0.1, -0.05) is 13.8 Å². The summed E-state index contributed by atoms with van der Waals surface area (Å²) >= 11 is 0. The largest absolute Gasteiger partial charge is 0.466 e. The van der Waals surface area contributed by atoms with Gasteiger partial charge in [0.05, 0.1) is 17.4 Å². The first kappa shape index (κ1) is 22.0. The Balaban J connectivity index is 1.71. The maximum Gasteiger partial charge on any atom is 0.310 e. The smallest absolute Gasteiger partial charge is 0.310 e. The summed E-state index contributed by atoms with van der Waals surface area (Å²) in [6.45, 7) is 8.43. The summed E-state index contributed by atoms with van der Waals surface area (Å²) in [5.74, 6) is -0.682. The number of benzene rings is 1. The number of aromatic nitrogens is 1. The molecule has 1 aliphatic carbocycles. The van der Waals surface area contributed by atoms with Crippen LogP contribution in [0.5, 0.6) is 0 Å². The minimum atomic E-state index is -3.78. The Morgan fingerprint density at radius 3 is 2.74 bits per heavy atom. The van der Waals surface area contributed by atoms with Gasteiger partial charge < -0.3 is 9.72 Å². The van der Waals surface area contributed by atoms with E-state index in [0.29, 0.717) is 42.5 Å². The normalized spacial score (nSPS) is 21.8. The van der Waals surface area contributed by atoms with Crippen molar-refractivity contribution in [3.05, 3.63) is 29.0 Å². The van der Waals surface area contributed by atoms with E-state index in [1.807, 2.05) is 0 Å². The molecular formula is C23H30N2O5S. The van der Waals surface area contributed by atoms with Crippen molar-refractivity contribution in [3.63, 3.8) is 0 Å². The number of H-pyrrole nitrogens is 1. The van der Waals surface area contributed by atoms with E-state index in [1.54, 1.807) is 26.0 Å². The number of carbonyl (C=O) groups is 2. The molecule has 0 spiro atoms. The number of ketones is 1. The maximum atomic E-state index is 13.5. The summed E-state index contributed by atoms with van der Waals surface area (Å²) in [5, 5.41) is 0.787. The predicted molar refractivity (Wildman–Crippen MR) is 118 cm³/mol. The van der Waals surface area contributed by atoms with Crippen molar-refractivity contribution in [1.82, 2.24) is 9.29 Å². The zero-order chi connectivity index (χ0) is 22.6. The van der Waals surface area contributed by atoms with Gasteiger partial charge in [0, 0.05) is 41.7 Å². The first-order valence-electron chi connectivity index (χ1n) is 10.9. The predicted octanol–water partition coefficient (Wildman–Crippen LogP) is 3.60. The number of piperidine rings is 1. The lowest BCUT2D eigenvalue weighted by atomic mass is 9.76. The van der Waals surface area contributed by atoms with Crippen LogP contribution in [0.4, 0.5) is 0 Å². The van der Waals surface area contributed by atoms with Gasteiger partial charge >= 0.3 is 5.97 Å². The Bertz CT molecular complexity index is 1160. The molecule has 0 amide bonds. The first-order valence-corrected chi connectivity index (χ1v) is 12.3. The van der Waals surface area contributed by atoms with E-state index in [2.05, 4.69) is 18.8 Å². The number of Topliss-reactive ketones (excluding diaryl/α,β-unsaturated/α-hetero) is 1.